The minimum Gasteiger partial charge on any atom is -0.497 e. The molecule has 0 bridgehead atoms. The Kier molecular flexibility index (Phi) is 6.38. The Bertz CT molecular complexity index is 628. The van der Waals surface area contributed by atoms with E-state index in [0.29, 0.717) is 24.5 Å². The van der Waals surface area contributed by atoms with Crippen molar-refractivity contribution in [1.82, 2.24) is 10.2 Å². The third-order valence-corrected chi connectivity index (χ3v) is 4.12. The van der Waals surface area contributed by atoms with Crippen LogP contribution in [0.25, 0.3) is 0 Å². The highest BCUT2D eigenvalue weighted by Gasteiger charge is 2.28. The predicted octanol–water partition coefficient (Wildman–Crippen LogP) is 1.40. The molecule has 1 saturated heterocycles. The Hall–Kier alpha value is -2.57. The van der Waals surface area contributed by atoms with Gasteiger partial charge in [-0.25, -0.2) is 0 Å². The zero-order valence-corrected chi connectivity index (χ0v) is 14.9. The van der Waals surface area contributed by atoms with Crippen LogP contribution >= 0.6 is 0 Å². The van der Waals surface area contributed by atoms with E-state index in [1.165, 1.54) is 4.90 Å². The minimum atomic E-state index is -0.680. The van der Waals surface area contributed by atoms with E-state index in [2.05, 4.69) is 10.6 Å². The van der Waals surface area contributed by atoms with Crippen molar-refractivity contribution in [3.63, 3.8) is 0 Å². The fourth-order valence-corrected chi connectivity index (χ4v) is 2.65. The molecule has 1 aromatic carbocycles. The summed E-state index contributed by atoms with van der Waals surface area (Å²) in [6, 6.07) is 6.65. The van der Waals surface area contributed by atoms with Crippen LogP contribution in [-0.4, -0.2) is 48.9 Å². The molecule has 1 aliphatic rings. The number of piperidine rings is 1. The van der Waals surface area contributed by atoms with Crippen molar-refractivity contribution < 1.29 is 19.1 Å². The summed E-state index contributed by atoms with van der Waals surface area (Å²) in [6.45, 7) is 4.52. The van der Waals surface area contributed by atoms with Gasteiger partial charge in [0, 0.05) is 30.7 Å². The highest BCUT2D eigenvalue weighted by atomic mass is 16.5. The maximum atomic E-state index is 12.4. The number of ether oxygens (including phenoxy) is 1. The van der Waals surface area contributed by atoms with Gasteiger partial charge < -0.3 is 20.3 Å². The molecule has 0 aromatic heterocycles. The Morgan fingerprint density at radius 2 is 1.88 bits per heavy atom. The van der Waals surface area contributed by atoms with E-state index < -0.39 is 11.8 Å². The molecule has 3 amide bonds. The van der Waals surface area contributed by atoms with Crippen LogP contribution in [0.1, 0.15) is 26.7 Å². The number of carbonyl (C=O) groups is 3. The molecular weight excluding hydrogens is 322 g/mol. The summed E-state index contributed by atoms with van der Waals surface area (Å²) in [5, 5.41) is 5.52. The fraction of sp³-hybridized carbons (Fsp3) is 0.500. The molecule has 1 aliphatic heterocycles. The summed E-state index contributed by atoms with van der Waals surface area (Å²) >= 11 is 0. The van der Waals surface area contributed by atoms with Gasteiger partial charge in [0.05, 0.1) is 7.11 Å². The number of methoxy groups -OCH3 is 1. The van der Waals surface area contributed by atoms with Crippen molar-refractivity contribution in [2.24, 2.45) is 5.92 Å². The molecule has 0 saturated carbocycles. The van der Waals surface area contributed by atoms with Crippen molar-refractivity contribution in [2.45, 2.75) is 32.7 Å². The van der Waals surface area contributed by atoms with Gasteiger partial charge in [-0.1, -0.05) is 13.8 Å². The first kappa shape index (κ1) is 18.8. The number of rotatable bonds is 4. The second-order valence-corrected chi connectivity index (χ2v) is 6.44. The molecule has 2 rings (SSSR count). The van der Waals surface area contributed by atoms with Crippen molar-refractivity contribution in [3.8, 4) is 5.75 Å². The van der Waals surface area contributed by atoms with Crippen LogP contribution in [-0.2, 0) is 14.4 Å². The van der Waals surface area contributed by atoms with Crippen molar-refractivity contribution in [1.29, 1.82) is 0 Å². The molecule has 7 nitrogen and oxygen atoms in total. The van der Waals surface area contributed by atoms with E-state index in [4.69, 9.17) is 4.74 Å². The molecule has 0 spiro atoms. The first-order chi connectivity index (χ1) is 11.9. The Balaban J connectivity index is 1.91. The second kappa shape index (κ2) is 8.50. The monoisotopic (exact) mass is 347 g/mol. The van der Waals surface area contributed by atoms with Crippen LogP contribution in [0.2, 0.25) is 0 Å². The standard InChI is InChI=1S/C18H25N3O4/c1-12(2)16(22)20-14-5-4-10-21(11-14)18(24)17(23)19-13-6-8-15(25-3)9-7-13/h6-9,12,14H,4-5,10-11H2,1-3H3,(H,19,23)(H,20,22)/t14-/m0/s1. The molecule has 1 heterocycles. The lowest BCUT2D eigenvalue weighted by molar-refractivity contribution is -0.144. The number of anilines is 1. The number of nitrogens with one attached hydrogen (secondary N) is 2. The van der Waals surface area contributed by atoms with Gasteiger partial charge in [-0.2, -0.15) is 0 Å². The Morgan fingerprint density at radius 3 is 2.48 bits per heavy atom. The summed E-state index contributed by atoms with van der Waals surface area (Å²) in [5.41, 5.74) is 0.529. The van der Waals surface area contributed by atoms with Gasteiger partial charge in [-0.3, -0.25) is 14.4 Å². The lowest BCUT2D eigenvalue weighted by Gasteiger charge is -2.33. The lowest BCUT2D eigenvalue weighted by atomic mass is 10.0. The second-order valence-electron chi connectivity index (χ2n) is 6.44. The molecule has 0 aliphatic carbocycles. The summed E-state index contributed by atoms with van der Waals surface area (Å²) in [5.74, 6) is -0.740. The number of amides is 3. The normalized spacial score (nSPS) is 17.1. The summed E-state index contributed by atoms with van der Waals surface area (Å²) in [6.07, 6.45) is 1.56. The van der Waals surface area contributed by atoms with Gasteiger partial charge >= 0.3 is 11.8 Å². The van der Waals surface area contributed by atoms with Crippen LogP contribution < -0.4 is 15.4 Å². The fourth-order valence-electron chi connectivity index (χ4n) is 2.65. The summed E-state index contributed by atoms with van der Waals surface area (Å²) in [7, 11) is 1.56. The van der Waals surface area contributed by atoms with Crippen LogP contribution in [0.15, 0.2) is 24.3 Å². The number of hydrogen-bond donors (Lipinski definition) is 2. The number of carbonyl (C=O) groups excluding carboxylic acids is 3. The van der Waals surface area contributed by atoms with Gasteiger partial charge in [0.25, 0.3) is 0 Å². The van der Waals surface area contributed by atoms with Gasteiger partial charge in [-0.05, 0) is 37.1 Å². The molecule has 1 fully saturated rings. The topological polar surface area (TPSA) is 87.7 Å². The maximum absolute atomic E-state index is 12.4. The van der Waals surface area contributed by atoms with Gasteiger partial charge in [0.1, 0.15) is 5.75 Å². The highest BCUT2D eigenvalue weighted by molar-refractivity contribution is 6.39. The average Bonchev–Trinajstić information content (AvgIpc) is 2.61. The molecule has 7 heteroatoms. The predicted molar refractivity (Wildman–Crippen MR) is 94.2 cm³/mol. The third kappa shape index (κ3) is 5.20. The molecule has 2 N–H and O–H groups in total. The molecule has 1 aromatic rings. The van der Waals surface area contributed by atoms with E-state index in [1.807, 2.05) is 13.8 Å². The molecule has 25 heavy (non-hydrogen) atoms. The zero-order valence-electron chi connectivity index (χ0n) is 14.9. The van der Waals surface area contributed by atoms with Gasteiger partial charge in [0.15, 0.2) is 0 Å². The summed E-state index contributed by atoms with van der Waals surface area (Å²) in [4.78, 5) is 37.9. The van der Waals surface area contributed by atoms with Gasteiger partial charge in [-0.15, -0.1) is 0 Å². The first-order valence-electron chi connectivity index (χ1n) is 8.45. The number of hydrogen-bond acceptors (Lipinski definition) is 4. The SMILES string of the molecule is COc1ccc(NC(=O)C(=O)N2CCC[C@H](NC(=O)C(C)C)C2)cc1. The number of nitrogens with zero attached hydrogens (tertiary/aromatic N) is 1. The quantitative estimate of drug-likeness (QED) is 0.806. The number of benzene rings is 1. The molecule has 1 atom stereocenters. The minimum absolute atomic E-state index is 0.0398. The Labute approximate surface area is 147 Å². The lowest BCUT2D eigenvalue weighted by Crippen LogP contribution is -2.52. The highest BCUT2D eigenvalue weighted by Crippen LogP contribution is 2.16. The van der Waals surface area contributed by atoms with E-state index in [0.717, 1.165) is 12.8 Å². The van der Waals surface area contributed by atoms with Crippen molar-refractivity contribution in [3.05, 3.63) is 24.3 Å². The first-order valence-corrected chi connectivity index (χ1v) is 8.45. The van der Waals surface area contributed by atoms with Crippen molar-refractivity contribution in [2.75, 3.05) is 25.5 Å². The maximum Gasteiger partial charge on any atom is 0.313 e. The van der Waals surface area contributed by atoms with Crippen LogP contribution in [0.3, 0.4) is 0 Å². The Morgan fingerprint density at radius 1 is 1.20 bits per heavy atom. The van der Waals surface area contributed by atoms with Crippen LogP contribution in [0.4, 0.5) is 5.69 Å². The molecule has 136 valence electrons. The molecular formula is C18H25N3O4. The smallest absolute Gasteiger partial charge is 0.313 e. The number of likely N-dealkylation sites (tertiary alicyclic amines) is 1. The van der Waals surface area contributed by atoms with Crippen LogP contribution in [0, 0.1) is 5.92 Å². The largest absolute Gasteiger partial charge is 0.497 e. The van der Waals surface area contributed by atoms with E-state index in [1.54, 1.807) is 31.4 Å². The molecule has 0 unspecified atom stereocenters. The third-order valence-electron chi connectivity index (χ3n) is 4.12. The van der Waals surface area contributed by atoms with E-state index >= 15 is 0 Å². The average molecular weight is 347 g/mol. The van der Waals surface area contributed by atoms with Crippen LogP contribution in [0.5, 0.6) is 5.75 Å². The van der Waals surface area contributed by atoms with Crippen molar-refractivity contribution >= 4 is 23.4 Å². The van der Waals surface area contributed by atoms with E-state index in [-0.39, 0.29) is 17.9 Å². The zero-order chi connectivity index (χ0) is 18.4. The van der Waals surface area contributed by atoms with Gasteiger partial charge in [0.2, 0.25) is 5.91 Å². The molecule has 0 radical (unpaired) electrons. The summed E-state index contributed by atoms with van der Waals surface area (Å²) < 4.78 is 5.05. The van der Waals surface area contributed by atoms with E-state index in [9.17, 15) is 14.4 Å².